The van der Waals surface area contributed by atoms with E-state index in [1.54, 1.807) is 0 Å². The smallest absolute Gasteiger partial charge is 0.242 e. The molecule has 0 unspecified atom stereocenters. The molecule has 2 rings (SSSR count). The van der Waals surface area contributed by atoms with Gasteiger partial charge >= 0.3 is 0 Å². The maximum atomic E-state index is 9.70. The molecular formula is C15H27ClN2O2Si. The van der Waals surface area contributed by atoms with Crippen LogP contribution in [0.1, 0.15) is 11.6 Å². The zero-order chi connectivity index (χ0) is 14.6. The van der Waals surface area contributed by atoms with Crippen LogP contribution < -0.4 is 9.74 Å². The van der Waals surface area contributed by atoms with Gasteiger partial charge in [-0.25, -0.2) is 0 Å². The van der Waals surface area contributed by atoms with Gasteiger partial charge in [0, 0.05) is 26.2 Å². The molecule has 0 bridgehead atoms. The van der Waals surface area contributed by atoms with Crippen LogP contribution in [0.3, 0.4) is 0 Å². The SMILES string of the molecule is C[Si](C)(C)Oc1ccc([C@@H](CO)N2CCNCC2)cc1.Cl. The largest absolute Gasteiger partial charge is 0.544 e. The van der Waals surface area contributed by atoms with Crippen LogP contribution in [-0.4, -0.2) is 51.1 Å². The van der Waals surface area contributed by atoms with Gasteiger partial charge in [-0.15, -0.1) is 12.4 Å². The van der Waals surface area contributed by atoms with Gasteiger partial charge in [-0.3, -0.25) is 4.90 Å². The molecule has 0 aromatic heterocycles. The van der Waals surface area contributed by atoms with E-state index in [0.717, 1.165) is 37.5 Å². The van der Waals surface area contributed by atoms with Crippen molar-refractivity contribution in [2.45, 2.75) is 25.7 Å². The minimum Gasteiger partial charge on any atom is -0.544 e. The first-order valence-corrected chi connectivity index (χ1v) is 10.7. The third-order valence-electron chi connectivity index (χ3n) is 3.45. The molecule has 0 radical (unpaired) electrons. The van der Waals surface area contributed by atoms with Crippen LogP contribution in [0, 0.1) is 0 Å². The molecule has 21 heavy (non-hydrogen) atoms. The Labute approximate surface area is 135 Å². The van der Waals surface area contributed by atoms with Crippen molar-refractivity contribution in [3.63, 3.8) is 0 Å². The van der Waals surface area contributed by atoms with E-state index in [0.29, 0.717) is 0 Å². The van der Waals surface area contributed by atoms with E-state index in [1.165, 1.54) is 0 Å². The Bertz CT molecular complexity index is 417. The highest BCUT2D eigenvalue weighted by Crippen LogP contribution is 2.24. The summed E-state index contributed by atoms with van der Waals surface area (Å²) in [6.45, 7) is 10.7. The summed E-state index contributed by atoms with van der Waals surface area (Å²) < 4.78 is 5.97. The highest BCUT2D eigenvalue weighted by atomic mass is 35.5. The van der Waals surface area contributed by atoms with Crippen molar-refractivity contribution in [1.82, 2.24) is 10.2 Å². The fourth-order valence-electron chi connectivity index (χ4n) is 2.54. The predicted molar refractivity (Wildman–Crippen MR) is 91.9 cm³/mol. The lowest BCUT2D eigenvalue weighted by atomic mass is 10.1. The lowest BCUT2D eigenvalue weighted by molar-refractivity contribution is 0.111. The fourth-order valence-corrected chi connectivity index (χ4v) is 3.38. The number of benzene rings is 1. The van der Waals surface area contributed by atoms with Gasteiger partial charge in [0.25, 0.3) is 0 Å². The second-order valence-corrected chi connectivity index (χ2v) is 10.7. The molecule has 1 atom stereocenters. The molecule has 1 aromatic rings. The Kier molecular flexibility index (Phi) is 7.16. The van der Waals surface area contributed by atoms with Crippen LogP contribution in [0.25, 0.3) is 0 Å². The quantitative estimate of drug-likeness (QED) is 0.813. The van der Waals surface area contributed by atoms with Crippen molar-refractivity contribution in [2.24, 2.45) is 0 Å². The lowest BCUT2D eigenvalue weighted by Gasteiger charge is -2.34. The summed E-state index contributed by atoms with van der Waals surface area (Å²) in [5, 5.41) is 13.0. The van der Waals surface area contributed by atoms with Crippen LogP contribution in [0.4, 0.5) is 0 Å². The number of nitrogens with zero attached hydrogens (tertiary/aromatic N) is 1. The van der Waals surface area contributed by atoms with E-state index < -0.39 is 8.32 Å². The van der Waals surface area contributed by atoms with Crippen LogP contribution >= 0.6 is 12.4 Å². The number of hydrogen-bond acceptors (Lipinski definition) is 4. The average Bonchev–Trinajstić information content (AvgIpc) is 2.41. The molecule has 0 saturated carbocycles. The van der Waals surface area contributed by atoms with Gasteiger partial charge in [0.15, 0.2) is 0 Å². The normalized spacial score (nSPS) is 17.9. The monoisotopic (exact) mass is 330 g/mol. The summed E-state index contributed by atoms with van der Waals surface area (Å²) in [5.74, 6) is 0.935. The fraction of sp³-hybridized carbons (Fsp3) is 0.600. The molecule has 120 valence electrons. The van der Waals surface area contributed by atoms with Crippen molar-refractivity contribution in [3.8, 4) is 5.75 Å². The van der Waals surface area contributed by atoms with Crippen molar-refractivity contribution in [1.29, 1.82) is 0 Å². The van der Waals surface area contributed by atoms with Crippen molar-refractivity contribution in [3.05, 3.63) is 29.8 Å². The molecule has 0 spiro atoms. The van der Waals surface area contributed by atoms with Crippen molar-refractivity contribution in [2.75, 3.05) is 32.8 Å². The Hall–Kier alpha value is -0.593. The Balaban J connectivity index is 0.00000220. The average molecular weight is 331 g/mol. The summed E-state index contributed by atoms with van der Waals surface area (Å²) in [6, 6.07) is 8.31. The van der Waals surface area contributed by atoms with Gasteiger partial charge in [0.2, 0.25) is 8.32 Å². The zero-order valence-electron chi connectivity index (χ0n) is 13.1. The highest BCUT2D eigenvalue weighted by molar-refractivity contribution is 6.70. The third kappa shape index (κ3) is 5.60. The molecule has 0 amide bonds. The molecular weight excluding hydrogens is 304 g/mol. The van der Waals surface area contributed by atoms with Gasteiger partial charge in [-0.2, -0.15) is 0 Å². The number of aliphatic hydroxyl groups excluding tert-OH is 1. The van der Waals surface area contributed by atoms with Gasteiger partial charge < -0.3 is 14.8 Å². The summed E-state index contributed by atoms with van der Waals surface area (Å²) in [6.07, 6.45) is 0. The molecule has 1 aromatic carbocycles. The Morgan fingerprint density at radius 2 is 1.76 bits per heavy atom. The first-order chi connectivity index (χ1) is 9.49. The minimum atomic E-state index is -1.55. The summed E-state index contributed by atoms with van der Waals surface area (Å²) in [4.78, 5) is 2.34. The second kappa shape index (κ2) is 8.15. The number of rotatable bonds is 5. The topological polar surface area (TPSA) is 44.7 Å². The summed E-state index contributed by atoms with van der Waals surface area (Å²) >= 11 is 0. The number of nitrogens with one attached hydrogen (secondary N) is 1. The van der Waals surface area contributed by atoms with Crippen molar-refractivity contribution < 1.29 is 9.53 Å². The molecule has 1 aliphatic heterocycles. The molecule has 1 saturated heterocycles. The standard InChI is InChI=1S/C15H26N2O2Si.ClH/c1-20(2,3)19-14-6-4-13(5-7-14)15(12-18)17-10-8-16-9-11-17;/h4-7,15-16,18H,8-12H2,1-3H3;1H/t15-;/m1./s1. The van der Waals surface area contributed by atoms with E-state index in [-0.39, 0.29) is 25.1 Å². The van der Waals surface area contributed by atoms with E-state index >= 15 is 0 Å². The van der Waals surface area contributed by atoms with E-state index in [2.05, 4.69) is 42.0 Å². The Morgan fingerprint density at radius 3 is 2.24 bits per heavy atom. The maximum Gasteiger partial charge on any atom is 0.242 e. The van der Waals surface area contributed by atoms with E-state index in [1.807, 2.05) is 12.1 Å². The van der Waals surface area contributed by atoms with Crippen LogP contribution in [0.15, 0.2) is 24.3 Å². The first-order valence-electron chi connectivity index (χ1n) is 7.34. The van der Waals surface area contributed by atoms with Crippen molar-refractivity contribution >= 4 is 20.7 Å². The molecule has 2 N–H and O–H groups in total. The number of aliphatic hydroxyl groups is 1. The van der Waals surface area contributed by atoms with E-state index in [4.69, 9.17) is 4.43 Å². The summed E-state index contributed by atoms with van der Waals surface area (Å²) in [5.41, 5.74) is 1.16. The highest BCUT2D eigenvalue weighted by Gasteiger charge is 2.22. The molecule has 1 heterocycles. The number of halogens is 1. The van der Waals surface area contributed by atoms with Gasteiger partial charge in [-0.05, 0) is 37.3 Å². The maximum absolute atomic E-state index is 9.70. The van der Waals surface area contributed by atoms with Gasteiger partial charge in [0.1, 0.15) is 5.75 Å². The molecule has 0 aliphatic carbocycles. The zero-order valence-corrected chi connectivity index (χ0v) is 14.9. The third-order valence-corrected chi connectivity index (χ3v) is 4.30. The molecule has 1 aliphatic rings. The minimum absolute atomic E-state index is 0. The predicted octanol–water partition coefficient (Wildman–Crippen LogP) is 2.26. The van der Waals surface area contributed by atoms with Crippen LogP contribution in [-0.2, 0) is 0 Å². The first kappa shape index (κ1) is 18.5. The van der Waals surface area contributed by atoms with Crippen LogP contribution in [0.5, 0.6) is 5.75 Å². The number of piperazine rings is 1. The van der Waals surface area contributed by atoms with E-state index in [9.17, 15) is 5.11 Å². The lowest BCUT2D eigenvalue weighted by Crippen LogP contribution is -2.46. The summed E-state index contributed by atoms with van der Waals surface area (Å²) in [7, 11) is -1.55. The molecule has 4 nitrogen and oxygen atoms in total. The molecule has 1 fully saturated rings. The van der Waals surface area contributed by atoms with Gasteiger partial charge in [-0.1, -0.05) is 12.1 Å². The van der Waals surface area contributed by atoms with Gasteiger partial charge in [0.05, 0.1) is 12.6 Å². The number of hydrogen-bond donors (Lipinski definition) is 2. The molecule has 6 heteroatoms. The van der Waals surface area contributed by atoms with Crippen LogP contribution in [0.2, 0.25) is 19.6 Å². The Morgan fingerprint density at radius 1 is 1.19 bits per heavy atom. The second-order valence-electron chi connectivity index (χ2n) is 6.27.